The van der Waals surface area contributed by atoms with E-state index in [1.807, 2.05) is 0 Å². The van der Waals surface area contributed by atoms with Crippen molar-refractivity contribution in [1.82, 2.24) is 24.1 Å². The van der Waals surface area contributed by atoms with Crippen molar-refractivity contribution in [1.29, 1.82) is 0 Å². The van der Waals surface area contributed by atoms with Crippen LogP contribution in [0.25, 0.3) is 143 Å². The van der Waals surface area contributed by atoms with Crippen LogP contribution in [0.5, 0.6) is 0 Å². The number of para-hydroxylation sites is 4. The van der Waals surface area contributed by atoms with Crippen molar-refractivity contribution in [2.24, 2.45) is 0 Å². The summed E-state index contributed by atoms with van der Waals surface area (Å²) >= 11 is 0. The Morgan fingerprint density at radius 3 is 1.67 bits per heavy atom. The largest absolute Gasteiger partial charge is 0.455 e. The van der Waals surface area contributed by atoms with Gasteiger partial charge in [-0.3, -0.25) is 0 Å². The molecular weight excluding hydrogens is 843 g/mol. The van der Waals surface area contributed by atoms with E-state index >= 15 is 0 Å². The molecule has 0 bridgehead atoms. The normalized spacial score (nSPS) is 12.1. The van der Waals surface area contributed by atoms with Crippen molar-refractivity contribution in [3.8, 4) is 45.5 Å². The number of rotatable bonds is 5. The Hall–Kier alpha value is -9.39. The fraction of sp³-hybridized carbons (Fsp3) is 0. The summed E-state index contributed by atoms with van der Waals surface area (Å²) in [6, 6.07) is 79.8. The van der Waals surface area contributed by atoms with Crippen molar-refractivity contribution >= 4 is 97.9 Å². The van der Waals surface area contributed by atoms with Crippen LogP contribution >= 0.6 is 0 Å². The van der Waals surface area contributed by atoms with Gasteiger partial charge < -0.3 is 13.6 Å². The molecule has 0 atom stereocenters. The number of benzene rings is 11. The maximum Gasteiger partial charge on any atom is 0.167 e. The summed E-state index contributed by atoms with van der Waals surface area (Å²) in [6.07, 6.45) is 0. The monoisotopic (exact) mass is 879 g/mol. The summed E-state index contributed by atoms with van der Waals surface area (Å²) in [7, 11) is 0. The van der Waals surface area contributed by atoms with Gasteiger partial charge in [-0.15, -0.1) is 0 Å². The molecule has 6 heteroatoms. The molecule has 0 aliphatic carbocycles. The molecule has 11 aromatic carbocycles. The lowest BCUT2D eigenvalue weighted by molar-refractivity contribution is 0.670. The molecule has 4 aromatic heterocycles. The van der Waals surface area contributed by atoms with E-state index in [0.717, 1.165) is 88.0 Å². The molecular formula is C63H37N5O. The zero-order chi connectivity index (χ0) is 45.2. The highest BCUT2D eigenvalue weighted by molar-refractivity contribution is 6.21. The number of fused-ring (bicyclic) bond motifs is 13. The zero-order valence-corrected chi connectivity index (χ0v) is 37.0. The summed E-state index contributed by atoms with van der Waals surface area (Å²) in [6.45, 7) is 0. The lowest BCUT2D eigenvalue weighted by Crippen LogP contribution is -2.01. The van der Waals surface area contributed by atoms with Gasteiger partial charge in [0.25, 0.3) is 0 Å². The highest BCUT2D eigenvalue weighted by Gasteiger charge is 2.22. The third kappa shape index (κ3) is 5.76. The number of hydrogen-bond acceptors (Lipinski definition) is 4. The van der Waals surface area contributed by atoms with Crippen molar-refractivity contribution in [3.63, 3.8) is 0 Å². The molecule has 0 aliphatic rings. The Morgan fingerprint density at radius 1 is 0.304 bits per heavy atom. The van der Waals surface area contributed by atoms with Crippen molar-refractivity contribution < 1.29 is 4.42 Å². The van der Waals surface area contributed by atoms with Crippen molar-refractivity contribution in [2.45, 2.75) is 0 Å². The predicted molar refractivity (Wildman–Crippen MR) is 285 cm³/mol. The van der Waals surface area contributed by atoms with E-state index in [0.29, 0.717) is 17.5 Å². The molecule has 0 spiro atoms. The van der Waals surface area contributed by atoms with Gasteiger partial charge in [0.05, 0.1) is 27.6 Å². The van der Waals surface area contributed by atoms with E-state index < -0.39 is 0 Å². The molecule has 0 unspecified atom stereocenters. The van der Waals surface area contributed by atoms with E-state index in [-0.39, 0.29) is 0 Å². The van der Waals surface area contributed by atoms with Crippen LogP contribution in [-0.4, -0.2) is 24.1 Å². The lowest BCUT2D eigenvalue weighted by Gasteiger charge is -2.11. The van der Waals surface area contributed by atoms with Gasteiger partial charge in [-0.1, -0.05) is 152 Å². The molecule has 0 aliphatic heterocycles. The van der Waals surface area contributed by atoms with Gasteiger partial charge in [0, 0.05) is 54.8 Å². The second-order valence-electron chi connectivity index (χ2n) is 18.0. The van der Waals surface area contributed by atoms with E-state index in [1.165, 1.54) is 38.0 Å². The van der Waals surface area contributed by atoms with Gasteiger partial charge in [0.1, 0.15) is 11.2 Å². The zero-order valence-electron chi connectivity index (χ0n) is 37.0. The molecule has 0 amide bonds. The molecule has 0 saturated carbocycles. The van der Waals surface area contributed by atoms with Gasteiger partial charge >= 0.3 is 0 Å². The third-order valence-corrected chi connectivity index (χ3v) is 14.1. The molecule has 15 aromatic rings. The van der Waals surface area contributed by atoms with Gasteiger partial charge in [-0.05, 0) is 105 Å². The Balaban J connectivity index is 0.947. The van der Waals surface area contributed by atoms with E-state index in [2.05, 4.69) is 234 Å². The standard InChI is InChI=1S/C63H37N5O/c1-2-17-45(18-3-1)67-54-23-10-8-19-47(54)49-31-28-44(36-56(49)67)62-64-61(43-26-25-38-13-4-5-14-40(38)33-43)65-63(66-62)51-22-12-21-50-59-52-37-46(30-27-39(52)29-32-58(59)69-60(50)51)68-55-24-11-9-20-48(55)53-34-41-15-6-7-16-42(41)35-57(53)68/h1-37H. The van der Waals surface area contributed by atoms with Gasteiger partial charge in [-0.2, -0.15) is 0 Å². The van der Waals surface area contributed by atoms with Crippen LogP contribution in [0.15, 0.2) is 229 Å². The second-order valence-corrected chi connectivity index (χ2v) is 18.0. The predicted octanol–water partition coefficient (Wildman–Crippen LogP) is 16.4. The smallest absolute Gasteiger partial charge is 0.167 e. The van der Waals surface area contributed by atoms with Crippen molar-refractivity contribution in [3.05, 3.63) is 224 Å². The lowest BCUT2D eigenvalue weighted by atomic mass is 10.0. The minimum atomic E-state index is 0.541. The summed E-state index contributed by atoms with van der Waals surface area (Å²) in [5.41, 5.74) is 10.9. The first-order valence-electron chi connectivity index (χ1n) is 23.3. The summed E-state index contributed by atoms with van der Waals surface area (Å²) < 4.78 is 11.7. The Morgan fingerprint density at radius 2 is 0.870 bits per heavy atom. The molecule has 15 rings (SSSR count). The molecule has 0 N–H and O–H groups in total. The van der Waals surface area contributed by atoms with E-state index in [9.17, 15) is 0 Å². The fourth-order valence-electron chi connectivity index (χ4n) is 10.9. The minimum absolute atomic E-state index is 0.541. The fourth-order valence-corrected chi connectivity index (χ4v) is 10.9. The van der Waals surface area contributed by atoms with Crippen LogP contribution in [0, 0.1) is 0 Å². The molecule has 4 heterocycles. The van der Waals surface area contributed by atoms with E-state index in [1.54, 1.807) is 0 Å². The third-order valence-electron chi connectivity index (χ3n) is 14.1. The van der Waals surface area contributed by atoms with Crippen LogP contribution in [0.4, 0.5) is 0 Å². The van der Waals surface area contributed by atoms with Gasteiger partial charge in [0.15, 0.2) is 17.5 Å². The molecule has 69 heavy (non-hydrogen) atoms. The average molecular weight is 880 g/mol. The quantitative estimate of drug-likeness (QED) is 0.173. The van der Waals surface area contributed by atoms with Crippen LogP contribution in [-0.2, 0) is 0 Å². The Labute approximate surface area is 394 Å². The average Bonchev–Trinajstić information content (AvgIpc) is 4.07. The topological polar surface area (TPSA) is 61.7 Å². The number of aromatic nitrogens is 5. The second kappa shape index (κ2) is 14.6. The first kappa shape index (κ1) is 37.8. The molecule has 320 valence electrons. The summed E-state index contributed by atoms with van der Waals surface area (Å²) in [5.74, 6) is 1.71. The van der Waals surface area contributed by atoms with E-state index in [4.69, 9.17) is 19.4 Å². The highest BCUT2D eigenvalue weighted by atomic mass is 16.3. The molecule has 0 radical (unpaired) electrons. The maximum atomic E-state index is 6.96. The first-order chi connectivity index (χ1) is 34.2. The van der Waals surface area contributed by atoms with Crippen LogP contribution in [0.2, 0.25) is 0 Å². The van der Waals surface area contributed by atoms with Crippen LogP contribution in [0.1, 0.15) is 0 Å². The van der Waals surface area contributed by atoms with Gasteiger partial charge in [-0.25, -0.2) is 15.0 Å². The number of furan rings is 1. The van der Waals surface area contributed by atoms with Crippen LogP contribution in [0.3, 0.4) is 0 Å². The maximum absolute atomic E-state index is 6.96. The minimum Gasteiger partial charge on any atom is -0.455 e. The summed E-state index contributed by atoms with van der Waals surface area (Å²) in [4.78, 5) is 15.9. The molecule has 6 nitrogen and oxygen atoms in total. The highest BCUT2D eigenvalue weighted by Crippen LogP contribution is 2.42. The Bertz CT molecular complexity index is 4620. The summed E-state index contributed by atoms with van der Waals surface area (Å²) in [5, 5.41) is 13.8. The number of hydrogen-bond donors (Lipinski definition) is 0. The SMILES string of the molecule is c1ccc(-n2c3ccccc3c3ccc(-c4nc(-c5ccc6ccccc6c5)nc(-c5cccc6c5oc5ccc7ccc(-n8c9ccccc9c9cc%10ccccc%10cc98)cc7c56)n4)cc32)cc1. The first-order valence-corrected chi connectivity index (χ1v) is 23.3. The van der Waals surface area contributed by atoms with Gasteiger partial charge in [0.2, 0.25) is 0 Å². The van der Waals surface area contributed by atoms with Crippen LogP contribution < -0.4 is 0 Å². The number of nitrogens with zero attached hydrogens (tertiary/aromatic N) is 5. The molecule has 0 fully saturated rings. The Kier molecular flexibility index (Phi) is 7.97. The van der Waals surface area contributed by atoms with Crippen molar-refractivity contribution in [2.75, 3.05) is 0 Å². The molecule has 0 saturated heterocycles.